The molecule has 3 aromatic rings. The van der Waals surface area contributed by atoms with Crippen LogP contribution in [0.5, 0.6) is 0 Å². The van der Waals surface area contributed by atoms with Gasteiger partial charge in [-0.05, 0) is 16.7 Å². The van der Waals surface area contributed by atoms with Crippen molar-refractivity contribution in [1.82, 2.24) is 4.90 Å². The monoisotopic (exact) mass is 467 g/mol. The number of hydrogen-bond acceptors (Lipinski definition) is 4. The quantitative estimate of drug-likeness (QED) is 0.269. The van der Waals surface area contributed by atoms with Crippen molar-refractivity contribution in [2.24, 2.45) is 0 Å². The molecule has 1 fully saturated rings. The maximum atomic E-state index is 6.55. The highest BCUT2D eigenvalue weighted by atomic mass is 16.5. The molecule has 35 heavy (non-hydrogen) atoms. The standard InChI is InChI=1S/C31H33NO3/c1-3-20-32-28(4-2)30(34-22-26-16-10-6-11-17-26)31(35-23-27-18-12-7-13-19-27)29(32)24-33-21-25-14-8-5-9-15-25/h1,4-19,28-31H,2,20-24H2/t28-,29-,30-,31-/m0/s1. The predicted molar refractivity (Wildman–Crippen MR) is 139 cm³/mol. The topological polar surface area (TPSA) is 30.9 Å². The van der Waals surface area contributed by atoms with E-state index in [1.54, 1.807) is 0 Å². The molecule has 0 N–H and O–H groups in total. The summed E-state index contributed by atoms with van der Waals surface area (Å²) in [6, 6.07) is 30.4. The first-order valence-electron chi connectivity index (χ1n) is 12.0. The van der Waals surface area contributed by atoms with Crippen molar-refractivity contribution >= 4 is 0 Å². The highest BCUT2D eigenvalue weighted by molar-refractivity contribution is 5.17. The molecule has 1 heterocycles. The normalized spacial score (nSPS) is 22.0. The van der Waals surface area contributed by atoms with Gasteiger partial charge in [0, 0.05) is 0 Å². The zero-order valence-corrected chi connectivity index (χ0v) is 20.0. The molecule has 180 valence electrons. The smallest absolute Gasteiger partial charge is 0.105 e. The van der Waals surface area contributed by atoms with Gasteiger partial charge in [-0.15, -0.1) is 13.0 Å². The number of hydrogen-bond donors (Lipinski definition) is 0. The molecule has 0 aromatic heterocycles. The van der Waals surface area contributed by atoms with E-state index in [1.165, 1.54) is 0 Å². The molecule has 0 bridgehead atoms. The van der Waals surface area contributed by atoms with Gasteiger partial charge in [0.05, 0.1) is 45.1 Å². The minimum absolute atomic E-state index is 0.0674. The summed E-state index contributed by atoms with van der Waals surface area (Å²) >= 11 is 0. The first-order chi connectivity index (χ1) is 17.3. The molecule has 1 aliphatic heterocycles. The van der Waals surface area contributed by atoms with E-state index in [9.17, 15) is 0 Å². The number of rotatable bonds is 12. The molecule has 0 unspecified atom stereocenters. The van der Waals surface area contributed by atoms with Crippen molar-refractivity contribution in [2.45, 2.75) is 44.1 Å². The Kier molecular flexibility index (Phi) is 9.28. The summed E-state index contributed by atoms with van der Waals surface area (Å²) in [5, 5.41) is 0. The van der Waals surface area contributed by atoms with Crippen LogP contribution in [0.1, 0.15) is 16.7 Å². The molecule has 4 heteroatoms. The number of nitrogens with zero attached hydrogens (tertiary/aromatic N) is 1. The lowest BCUT2D eigenvalue weighted by molar-refractivity contribution is -0.0841. The van der Waals surface area contributed by atoms with Gasteiger partial charge < -0.3 is 14.2 Å². The molecule has 0 saturated carbocycles. The molecule has 4 rings (SSSR count). The van der Waals surface area contributed by atoms with Crippen LogP contribution in [0.15, 0.2) is 104 Å². The average Bonchev–Trinajstić information content (AvgIpc) is 3.19. The summed E-state index contributed by atoms with van der Waals surface area (Å²) < 4.78 is 19.2. The van der Waals surface area contributed by atoms with Crippen LogP contribution in [0.25, 0.3) is 0 Å². The molecule has 3 aromatic carbocycles. The van der Waals surface area contributed by atoms with Crippen LogP contribution in [-0.4, -0.2) is 42.3 Å². The van der Waals surface area contributed by atoms with Crippen molar-refractivity contribution in [1.29, 1.82) is 0 Å². The zero-order chi connectivity index (χ0) is 24.3. The van der Waals surface area contributed by atoms with Crippen LogP contribution >= 0.6 is 0 Å². The SMILES string of the molecule is C#CCN1[C@@H](C=C)[C@H](OCc2ccccc2)[C@@H](OCc2ccccc2)[C@@H]1COCc1ccccc1. The number of likely N-dealkylation sites (tertiary alicyclic amines) is 1. The van der Waals surface area contributed by atoms with Crippen LogP contribution in [0.3, 0.4) is 0 Å². The molecule has 0 radical (unpaired) electrons. The third kappa shape index (κ3) is 6.69. The van der Waals surface area contributed by atoms with Crippen LogP contribution < -0.4 is 0 Å². The second-order valence-electron chi connectivity index (χ2n) is 8.69. The second-order valence-corrected chi connectivity index (χ2v) is 8.69. The maximum absolute atomic E-state index is 6.55. The Bertz CT molecular complexity index is 1060. The minimum atomic E-state index is -0.231. The first kappa shape index (κ1) is 24.9. The lowest BCUT2D eigenvalue weighted by Gasteiger charge is -2.28. The Morgan fingerprint density at radius 3 is 1.71 bits per heavy atom. The molecule has 1 saturated heterocycles. The van der Waals surface area contributed by atoms with Crippen LogP contribution in [-0.2, 0) is 34.0 Å². The van der Waals surface area contributed by atoms with Crippen molar-refractivity contribution < 1.29 is 14.2 Å². The molecular weight excluding hydrogens is 434 g/mol. The molecule has 0 amide bonds. The van der Waals surface area contributed by atoms with Gasteiger partial charge in [0.1, 0.15) is 12.2 Å². The Hall–Kier alpha value is -3.20. The van der Waals surface area contributed by atoms with E-state index in [1.807, 2.05) is 60.7 Å². The van der Waals surface area contributed by atoms with Gasteiger partial charge in [-0.25, -0.2) is 0 Å². The van der Waals surface area contributed by atoms with Gasteiger partial charge in [0.25, 0.3) is 0 Å². The minimum Gasteiger partial charge on any atom is -0.375 e. The van der Waals surface area contributed by atoms with Crippen LogP contribution in [0.4, 0.5) is 0 Å². The highest BCUT2D eigenvalue weighted by Crippen LogP contribution is 2.32. The van der Waals surface area contributed by atoms with Gasteiger partial charge >= 0.3 is 0 Å². The van der Waals surface area contributed by atoms with Crippen LogP contribution in [0, 0.1) is 12.3 Å². The molecule has 0 aliphatic carbocycles. The first-order valence-corrected chi connectivity index (χ1v) is 12.0. The predicted octanol–water partition coefficient (Wildman–Crippen LogP) is 5.25. The second kappa shape index (κ2) is 13.0. The largest absolute Gasteiger partial charge is 0.375 e. The molecular formula is C31H33NO3. The van der Waals surface area contributed by atoms with E-state index in [0.717, 1.165) is 16.7 Å². The van der Waals surface area contributed by atoms with E-state index >= 15 is 0 Å². The van der Waals surface area contributed by atoms with Crippen LogP contribution in [0.2, 0.25) is 0 Å². The van der Waals surface area contributed by atoms with E-state index in [-0.39, 0.29) is 24.3 Å². The highest BCUT2D eigenvalue weighted by Gasteiger charge is 2.49. The fourth-order valence-electron chi connectivity index (χ4n) is 4.60. The Morgan fingerprint density at radius 1 is 0.743 bits per heavy atom. The van der Waals surface area contributed by atoms with Crippen molar-refractivity contribution in [3.63, 3.8) is 0 Å². The summed E-state index contributed by atoms with van der Waals surface area (Å²) in [6.45, 7) is 6.55. The van der Waals surface area contributed by atoms with Gasteiger partial charge in [-0.2, -0.15) is 0 Å². The van der Waals surface area contributed by atoms with E-state index < -0.39 is 0 Å². The lowest BCUT2D eigenvalue weighted by atomic mass is 10.1. The third-order valence-corrected chi connectivity index (χ3v) is 6.33. The molecule has 0 spiro atoms. The lowest BCUT2D eigenvalue weighted by Crippen LogP contribution is -2.42. The fraction of sp³-hybridized carbons (Fsp3) is 0.290. The van der Waals surface area contributed by atoms with E-state index in [2.05, 4.69) is 53.8 Å². The summed E-state index contributed by atoms with van der Waals surface area (Å²) in [5.41, 5.74) is 3.36. The van der Waals surface area contributed by atoms with Gasteiger partial charge in [0.2, 0.25) is 0 Å². The summed E-state index contributed by atoms with van der Waals surface area (Å²) in [7, 11) is 0. The summed E-state index contributed by atoms with van der Waals surface area (Å²) in [6.07, 6.45) is 7.24. The van der Waals surface area contributed by atoms with Gasteiger partial charge in [-0.1, -0.05) is 103 Å². The number of benzene rings is 3. The molecule has 1 aliphatic rings. The number of ether oxygens (including phenoxy) is 3. The van der Waals surface area contributed by atoms with Gasteiger partial charge in [0.15, 0.2) is 0 Å². The molecule has 4 nitrogen and oxygen atoms in total. The summed E-state index contributed by atoms with van der Waals surface area (Å²) in [5.74, 6) is 2.81. The van der Waals surface area contributed by atoms with E-state index in [0.29, 0.717) is 33.0 Å². The average molecular weight is 468 g/mol. The van der Waals surface area contributed by atoms with Crippen molar-refractivity contribution in [3.8, 4) is 12.3 Å². The fourth-order valence-corrected chi connectivity index (χ4v) is 4.60. The zero-order valence-electron chi connectivity index (χ0n) is 20.0. The third-order valence-electron chi connectivity index (χ3n) is 6.33. The van der Waals surface area contributed by atoms with Crippen molar-refractivity contribution in [2.75, 3.05) is 13.2 Å². The summed E-state index contributed by atoms with van der Waals surface area (Å²) in [4.78, 5) is 2.23. The Morgan fingerprint density at radius 2 is 1.23 bits per heavy atom. The van der Waals surface area contributed by atoms with Gasteiger partial charge in [-0.3, -0.25) is 4.90 Å². The Labute approximate surface area is 209 Å². The number of terminal acetylenes is 1. The molecule has 4 atom stereocenters. The Balaban J connectivity index is 1.54. The van der Waals surface area contributed by atoms with Crippen molar-refractivity contribution in [3.05, 3.63) is 120 Å². The van der Waals surface area contributed by atoms with E-state index in [4.69, 9.17) is 20.6 Å². The maximum Gasteiger partial charge on any atom is 0.105 e.